The number of carbonyl (C=O) groups is 1. The summed E-state index contributed by atoms with van der Waals surface area (Å²) in [6, 6.07) is 13.6. The maximum atomic E-state index is 13.3. The normalized spacial score (nSPS) is 14.0. The summed E-state index contributed by atoms with van der Waals surface area (Å²) >= 11 is 0. The van der Waals surface area contributed by atoms with Crippen molar-refractivity contribution >= 4 is 11.6 Å². The van der Waals surface area contributed by atoms with E-state index in [-0.39, 0.29) is 17.8 Å². The third-order valence-electron chi connectivity index (χ3n) is 3.65. The van der Waals surface area contributed by atoms with E-state index < -0.39 is 0 Å². The Balaban J connectivity index is 1.81. The zero-order valence-corrected chi connectivity index (χ0v) is 11.6. The molecule has 0 unspecified atom stereocenters. The van der Waals surface area contributed by atoms with Gasteiger partial charge in [-0.3, -0.25) is 4.79 Å². The molecule has 0 heterocycles. The van der Waals surface area contributed by atoms with E-state index in [0.717, 1.165) is 18.4 Å². The summed E-state index contributed by atoms with van der Waals surface area (Å²) in [5, 5.41) is 0. The highest BCUT2D eigenvalue weighted by molar-refractivity contribution is 5.94. The minimum Gasteiger partial charge on any atom is -0.399 e. The number of anilines is 1. The molecule has 1 fully saturated rings. The number of carbonyl (C=O) groups excluding carboxylic acids is 1. The lowest BCUT2D eigenvalue weighted by Gasteiger charge is -2.23. The van der Waals surface area contributed by atoms with Gasteiger partial charge in [0.15, 0.2) is 0 Å². The number of nitrogen functional groups attached to an aromatic ring is 1. The number of rotatable bonds is 4. The largest absolute Gasteiger partial charge is 0.399 e. The second kappa shape index (κ2) is 5.56. The van der Waals surface area contributed by atoms with Gasteiger partial charge in [0.2, 0.25) is 0 Å². The summed E-state index contributed by atoms with van der Waals surface area (Å²) in [6.07, 6.45) is 2.02. The molecule has 21 heavy (non-hydrogen) atoms. The maximum Gasteiger partial charge on any atom is 0.254 e. The van der Waals surface area contributed by atoms with Gasteiger partial charge in [-0.1, -0.05) is 18.2 Å². The van der Waals surface area contributed by atoms with Crippen LogP contribution < -0.4 is 5.73 Å². The van der Waals surface area contributed by atoms with Crippen LogP contribution in [0.1, 0.15) is 28.8 Å². The van der Waals surface area contributed by atoms with Crippen molar-refractivity contribution in [3.05, 3.63) is 65.5 Å². The summed E-state index contributed by atoms with van der Waals surface area (Å²) in [5.74, 6) is -0.502. The van der Waals surface area contributed by atoms with Gasteiger partial charge >= 0.3 is 0 Å². The Morgan fingerprint density at radius 1 is 1.19 bits per heavy atom. The second-order valence-corrected chi connectivity index (χ2v) is 5.42. The van der Waals surface area contributed by atoms with Crippen molar-refractivity contribution in [3.63, 3.8) is 0 Å². The van der Waals surface area contributed by atoms with E-state index in [0.29, 0.717) is 17.8 Å². The van der Waals surface area contributed by atoms with Crippen LogP contribution >= 0.6 is 0 Å². The van der Waals surface area contributed by atoms with Gasteiger partial charge in [0.05, 0.1) is 0 Å². The van der Waals surface area contributed by atoms with Crippen LogP contribution in [-0.4, -0.2) is 16.8 Å². The van der Waals surface area contributed by atoms with Crippen molar-refractivity contribution in [1.29, 1.82) is 0 Å². The fraction of sp³-hybridized carbons (Fsp3) is 0.235. The average molecular weight is 284 g/mol. The van der Waals surface area contributed by atoms with Crippen LogP contribution in [0, 0.1) is 5.82 Å². The Kier molecular flexibility index (Phi) is 3.60. The number of nitrogens with zero attached hydrogens (tertiary/aromatic N) is 1. The van der Waals surface area contributed by atoms with E-state index in [4.69, 9.17) is 5.73 Å². The number of amides is 1. The molecule has 4 heteroatoms. The smallest absolute Gasteiger partial charge is 0.254 e. The van der Waals surface area contributed by atoms with Crippen LogP contribution in [0.25, 0.3) is 0 Å². The predicted octanol–water partition coefficient (Wildman–Crippen LogP) is 3.21. The van der Waals surface area contributed by atoms with Crippen LogP contribution in [0.5, 0.6) is 0 Å². The third-order valence-corrected chi connectivity index (χ3v) is 3.65. The van der Waals surface area contributed by atoms with E-state index >= 15 is 0 Å². The van der Waals surface area contributed by atoms with Crippen LogP contribution in [0.15, 0.2) is 48.5 Å². The molecule has 0 atom stereocenters. The van der Waals surface area contributed by atoms with E-state index in [9.17, 15) is 9.18 Å². The van der Waals surface area contributed by atoms with Crippen LogP contribution in [0.3, 0.4) is 0 Å². The Morgan fingerprint density at radius 2 is 1.90 bits per heavy atom. The highest BCUT2D eigenvalue weighted by Gasteiger charge is 2.33. The van der Waals surface area contributed by atoms with Crippen molar-refractivity contribution in [3.8, 4) is 0 Å². The first-order valence-corrected chi connectivity index (χ1v) is 7.04. The molecule has 2 aromatic carbocycles. The molecule has 3 nitrogen and oxygen atoms in total. The summed E-state index contributed by atoms with van der Waals surface area (Å²) < 4.78 is 13.3. The summed E-state index contributed by atoms with van der Waals surface area (Å²) in [7, 11) is 0. The monoisotopic (exact) mass is 284 g/mol. The summed E-state index contributed by atoms with van der Waals surface area (Å²) in [5.41, 5.74) is 7.81. The molecule has 2 aromatic rings. The molecule has 0 aliphatic heterocycles. The molecule has 0 aromatic heterocycles. The molecular weight excluding hydrogens is 267 g/mol. The minimum atomic E-state index is -0.385. The van der Waals surface area contributed by atoms with Crippen molar-refractivity contribution in [2.45, 2.75) is 25.4 Å². The first kappa shape index (κ1) is 13.6. The molecule has 3 rings (SSSR count). The first-order valence-electron chi connectivity index (χ1n) is 7.04. The summed E-state index contributed by atoms with van der Waals surface area (Å²) in [4.78, 5) is 14.4. The predicted molar refractivity (Wildman–Crippen MR) is 80.1 cm³/mol. The van der Waals surface area contributed by atoms with Crippen molar-refractivity contribution < 1.29 is 9.18 Å². The highest BCUT2D eigenvalue weighted by Crippen LogP contribution is 2.30. The fourth-order valence-corrected chi connectivity index (χ4v) is 2.36. The zero-order valence-electron chi connectivity index (χ0n) is 11.6. The van der Waals surface area contributed by atoms with Crippen molar-refractivity contribution in [2.24, 2.45) is 0 Å². The maximum absolute atomic E-state index is 13.3. The van der Waals surface area contributed by atoms with Crippen LogP contribution in [0.2, 0.25) is 0 Å². The number of nitrogens with two attached hydrogens (primary N) is 1. The van der Waals surface area contributed by atoms with Crippen molar-refractivity contribution in [2.75, 3.05) is 5.73 Å². The standard InChI is InChI=1S/C17H17FN2O/c18-14-3-1-2-13(10-14)17(21)20(16-8-9-16)11-12-4-6-15(19)7-5-12/h1-7,10,16H,8-9,11,19H2. The van der Waals surface area contributed by atoms with E-state index in [1.165, 1.54) is 12.1 Å². The average Bonchev–Trinajstić information content (AvgIpc) is 3.30. The molecule has 0 bridgehead atoms. The van der Waals surface area contributed by atoms with E-state index in [2.05, 4.69) is 0 Å². The lowest BCUT2D eigenvalue weighted by atomic mass is 10.1. The number of hydrogen-bond donors (Lipinski definition) is 1. The van der Waals surface area contributed by atoms with Gasteiger partial charge in [-0.2, -0.15) is 0 Å². The minimum absolute atomic E-state index is 0.117. The number of hydrogen-bond acceptors (Lipinski definition) is 2. The lowest BCUT2D eigenvalue weighted by Crippen LogP contribution is -2.32. The van der Waals surface area contributed by atoms with Gasteiger partial charge in [-0.25, -0.2) is 4.39 Å². The topological polar surface area (TPSA) is 46.3 Å². The molecular formula is C17H17FN2O. The fourth-order valence-electron chi connectivity index (χ4n) is 2.36. The van der Waals surface area contributed by atoms with Gasteiger partial charge in [-0.15, -0.1) is 0 Å². The Hall–Kier alpha value is -2.36. The molecule has 2 N–H and O–H groups in total. The third kappa shape index (κ3) is 3.21. The molecule has 0 radical (unpaired) electrons. The first-order chi connectivity index (χ1) is 10.1. The molecule has 1 aliphatic rings. The van der Waals surface area contributed by atoms with Gasteiger partial charge in [-0.05, 0) is 48.7 Å². The molecule has 108 valence electrons. The number of benzene rings is 2. The lowest BCUT2D eigenvalue weighted by molar-refractivity contribution is 0.0729. The highest BCUT2D eigenvalue weighted by atomic mass is 19.1. The van der Waals surface area contributed by atoms with Gasteiger partial charge in [0.1, 0.15) is 5.82 Å². The molecule has 0 saturated heterocycles. The van der Waals surface area contributed by atoms with Gasteiger partial charge in [0, 0.05) is 23.8 Å². The van der Waals surface area contributed by atoms with E-state index in [1.54, 1.807) is 12.1 Å². The Bertz CT molecular complexity index is 650. The Morgan fingerprint density at radius 3 is 2.52 bits per heavy atom. The molecule has 1 aliphatic carbocycles. The zero-order chi connectivity index (χ0) is 14.8. The van der Waals surface area contributed by atoms with Gasteiger partial charge in [0.25, 0.3) is 5.91 Å². The Labute approximate surface area is 123 Å². The quantitative estimate of drug-likeness (QED) is 0.876. The summed E-state index contributed by atoms with van der Waals surface area (Å²) in [6.45, 7) is 0.528. The van der Waals surface area contributed by atoms with Gasteiger partial charge < -0.3 is 10.6 Å². The van der Waals surface area contributed by atoms with Crippen LogP contribution in [0.4, 0.5) is 10.1 Å². The number of halogens is 1. The molecule has 1 amide bonds. The van der Waals surface area contributed by atoms with E-state index in [1.807, 2.05) is 29.2 Å². The second-order valence-electron chi connectivity index (χ2n) is 5.42. The SMILES string of the molecule is Nc1ccc(CN(C(=O)c2cccc(F)c2)C2CC2)cc1. The van der Waals surface area contributed by atoms with Crippen LogP contribution in [-0.2, 0) is 6.54 Å². The van der Waals surface area contributed by atoms with Crippen molar-refractivity contribution in [1.82, 2.24) is 4.90 Å². The molecule has 1 saturated carbocycles. The molecule has 0 spiro atoms.